The molecule has 3 N–H and O–H groups in total. The fraction of sp³-hybridized carbons (Fsp3) is 0.0370. The number of nitrogens with two attached hydrogens (primary N) is 1. The van der Waals surface area contributed by atoms with Crippen molar-refractivity contribution in [1.29, 1.82) is 0 Å². The van der Waals surface area contributed by atoms with Crippen LogP contribution in [0.15, 0.2) is 89.6 Å². The lowest BCUT2D eigenvalue weighted by molar-refractivity contribution is 0.415. The fourth-order valence-electron chi connectivity index (χ4n) is 3.95. The predicted molar refractivity (Wildman–Crippen MR) is 142 cm³/mol. The molecule has 0 unspecified atom stereocenters. The van der Waals surface area contributed by atoms with Crippen LogP contribution in [0.4, 0.5) is 17.4 Å². The Kier molecular flexibility index (Phi) is 5.51. The van der Waals surface area contributed by atoms with Crippen LogP contribution >= 0.6 is 11.3 Å². The van der Waals surface area contributed by atoms with Crippen molar-refractivity contribution in [2.45, 2.75) is 0 Å². The number of nitrogens with zero attached hydrogens (tertiary/aromatic N) is 4. The van der Waals surface area contributed by atoms with E-state index in [1.165, 1.54) is 11.3 Å². The first-order chi connectivity index (χ1) is 17.7. The quantitative estimate of drug-likeness (QED) is 0.274. The molecule has 6 rings (SSSR count). The standard InChI is InChI=1S/C27H20N6O2S/c1-34-19-11-9-16(10-12-19)20-14-21(17-6-5-13-29-15-17)31-26-22(20)23(28)24(36-26)25-32-33-27(35-25)30-18-7-3-2-4-8-18/h2-15H,28H2,1H3,(H,30,33). The van der Waals surface area contributed by atoms with Gasteiger partial charge in [-0.2, -0.15) is 0 Å². The lowest BCUT2D eigenvalue weighted by atomic mass is 10.00. The molecule has 0 atom stereocenters. The fourth-order valence-corrected chi connectivity index (χ4v) is 4.99. The minimum Gasteiger partial charge on any atom is -0.497 e. The molecule has 6 aromatic rings. The van der Waals surface area contributed by atoms with Crippen LogP contribution in [0.1, 0.15) is 0 Å². The van der Waals surface area contributed by atoms with E-state index in [1.807, 2.05) is 72.8 Å². The third-order valence-electron chi connectivity index (χ3n) is 5.70. The molecule has 0 saturated carbocycles. The summed E-state index contributed by atoms with van der Waals surface area (Å²) >= 11 is 1.42. The van der Waals surface area contributed by atoms with E-state index in [0.29, 0.717) is 16.5 Å². The number of thiophene rings is 1. The molecule has 2 aromatic carbocycles. The van der Waals surface area contributed by atoms with E-state index < -0.39 is 0 Å². The Morgan fingerprint density at radius 3 is 2.53 bits per heavy atom. The van der Waals surface area contributed by atoms with Crippen molar-refractivity contribution >= 4 is 38.9 Å². The van der Waals surface area contributed by atoms with Gasteiger partial charge in [-0.1, -0.05) is 35.4 Å². The van der Waals surface area contributed by atoms with Gasteiger partial charge in [-0.05, 0) is 53.6 Å². The number of pyridine rings is 2. The zero-order valence-corrected chi connectivity index (χ0v) is 20.0. The van der Waals surface area contributed by atoms with Gasteiger partial charge in [0.15, 0.2) is 0 Å². The second-order valence-electron chi connectivity index (χ2n) is 7.95. The number of aromatic nitrogens is 4. The summed E-state index contributed by atoms with van der Waals surface area (Å²) in [6, 6.07) is 23.7. The molecule has 0 radical (unpaired) electrons. The van der Waals surface area contributed by atoms with E-state index in [9.17, 15) is 0 Å². The summed E-state index contributed by atoms with van der Waals surface area (Å²) < 4.78 is 11.3. The van der Waals surface area contributed by atoms with E-state index >= 15 is 0 Å². The van der Waals surface area contributed by atoms with Gasteiger partial charge in [-0.3, -0.25) is 4.98 Å². The number of hydrogen-bond donors (Lipinski definition) is 2. The monoisotopic (exact) mass is 492 g/mol. The third-order valence-corrected chi connectivity index (χ3v) is 6.79. The predicted octanol–water partition coefficient (Wildman–Crippen LogP) is 6.41. The number of anilines is 3. The van der Waals surface area contributed by atoms with Crippen LogP contribution in [0.3, 0.4) is 0 Å². The highest BCUT2D eigenvalue weighted by Gasteiger charge is 2.22. The van der Waals surface area contributed by atoms with Crippen molar-refractivity contribution in [3.63, 3.8) is 0 Å². The number of nitrogens with one attached hydrogen (secondary N) is 1. The second kappa shape index (κ2) is 9.12. The van der Waals surface area contributed by atoms with Gasteiger partial charge in [-0.25, -0.2) is 4.98 Å². The maximum absolute atomic E-state index is 6.70. The largest absolute Gasteiger partial charge is 0.497 e. The average Bonchev–Trinajstić information content (AvgIpc) is 3.53. The van der Waals surface area contributed by atoms with Crippen LogP contribution < -0.4 is 15.8 Å². The van der Waals surface area contributed by atoms with Crippen molar-refractivity contribution in [3.05, 3.63) is 85.2 Å². The molecule has 0 bridgehead atoms. The Morgan fingerprint density at radius 1 is 0.944 bits per heavy atom. The van der Waals surface area contributed by atoms with Crippen LogP contribution in [0.2, 0.25) is 0 Å². The summed E-state index contributed by atoms with van der Waals surface area (Å²) in [5, 5.41) is 12.3. The molecule has 4 heterocycles. The number of hydrogen-bond acceptors (Lipinski definition) is 9. The van der Waals surface area contributed by atoms with Gasteiger partial charge in [0.25, 0.3) is 5.89 Å². The minimum absolute atomic E-state index is 0.285. The molecule has 0 fully saturated rings. The Bertz CT molecular complexity index is 1650. The van der Waals surface area contributed by atoms with E-state index in [2.05, 4.69) is 20.5 Å². The summed E-state index contributed by atoms with van der Waals surface area (Å²) in [6.45, 7) is 0. The van der Waals surface area contributed by atoms with Gasteiger partial charge in [0.1, 0.15) is 15.5 Å². The minimum atomic E-state index is 0.285. The summed E-state index contributed by atoms with van der Waals surface area (Å²) in [7, 11) is 1.65. The molecule has 0 saturated heterocycles. The molecule has 0 aliphatic carbocycles. The van der Waals surface area contributed by atoms with Crippen LogP contribution in [-0.4, -0.2) is 27.3 Å². The number of fused-ring (bicyclic) bond motifs is 1. The van der Waals surface area contributed by atoms with E-state index in [-0.39, 0.29) is 6.01 Å². The van der Waals surface area contributed by atoms with Crippen LogP contribution in [0.25, 0.3) is 43.4 Å². The number of rotatable bonds is 6. The SMILES string of the molecule is COc1ccc(-c2cc(-c3cccnc3)nc3sc(-c4nnc(Nc5ccccc5)o4)c(N)c23)cc1. The Hall–Kier alpha value is -4.76. The van der Waals surface area contributed by atoms with Crippen molar-refractivity contribution in [2.75, 3.05) is 18.2 Å². The number of ether oxygens (including phenoxy) is 1. The molecule has 36 heavy (non-hydrogen) atoms. The van der Waals surface area contributed by atoms with Gasteiger partial charge in [0, 0.05) is 29.0 Å². The topological polar surface area (TPSA) is 112 Å². The zero-order valence-electron chi connectivity index (χ0n) is 19.2. The molecule has 0 spiro atoms. The molecule has 176 valence electrons. The van der Waals surface area contributed by atoms with Gasteiger partial charge >= 0.3 is 6.01 Å². The first kappa shape index (κ1) is 21.8. The van der Waals surface area contributed by atoms with Crippen molar-refractivity contribution in [2.24, 2.45) is 0 Å². The lowest BCUT2D eigenvalue weighted by Crippen LogP contribution is -1.92. The molecule has 0 aliphatic rings. The van der Waals surface area contributed by atoms with Crippen LogP contribution in [0.5, 0.6) is 5.75 Å². The number of para-hydroxylation sites is 1. The van der Waals surface area contributed by atoms with Crippen molar-refractivity contribution in [1.82, 2.24) is 20.2 Å². The highest BCUT2D eigenvalue weighted by Crippen LogP contribution is 2.45. The molecule has 0 amide bonds. The number of methoxy groups -OCH3 is 1. The summed E-state index contributed by atoms with van der Waals surface area (Å²) in [4.78, 5) is 10.6. The van der Waals surface area contributed by atoms with Crippen molar-refractivity contribution in [3.8, 4) is 38.9 Å². The van der Waals surface area contributed by atoms with Crippen LogP contribution in [-0.2, 0) is 0 Å². The van der Waals surface area contributed by atoms with E-state index in [4.69, 9.17) is 19.9 Å². The third kappa shape index (κ3) is 4.01. The maximum Gasteiger partial charge on any atom is 0.320 e. The highest BCUT2D eigenvalue weighted by molar-refractivity contribution is 7.22. The molecule has 0 aliphatic heterocycles. The molecular weight excluding hydrogens is 472 g/mol. The van der Waals surface area contributed by atoms with Crippen molar-refractivity contribution < 1.29 is 9.15 Å². The number of benzene rings is 2. The highest BCUT2D eigenvalue weighted by atomic mass is 32.1. The summed E-state index contributed by atoms with van der Waals surface area (Å²) in [6.07, 6.45) is 3.54. The smallest absolute Gasteiger partial charge is 0.320 e. The number of nitrogen functional groups attached to an aromatic ring is 1. The normalized spacial score (nSPS) is 11.0. The Morgan fingerprint density at radius 2 is 1.78 bits per heavy atom. The molecular formula is C27H20N6O2S. The van der Waals surface area contributed by atoms with Gasteiger partial charge in [0.2, 0.25) is 0 Å². The van der Waals surface area contributed by atoms with Gasteiger partial charge in [-0.15, -0.1) is 16.4 Å². The van der Waals surface area contributed by atoms with E-state index in [0.717, 1.165) is 44.0 Å². The van der Waals surface area contributed by atoms with Crippen LogP contribution in [0, 0.1) is 0 Å². The Labute approximate surface area is 210 Å². The Balaban J connectivity index is 1.49. The first-order valence-electron chi connectivity index (χ1n) is 11.1. The van der Waals surface area contributed by atoms with Gasteiger partial charge in [0.05, 0.1) is 18.5 Å². The molecule has 4 aromatic heterocycles. The molecule has 8 nitrogen and oxygen atoms in total. The van der Waals surface area contributed by atoms with E-state index in [1.54, 1.807) is 19.5 Å². The first-order valence-corrected chi connectivity index (χ1v) is 11.9. The summed E-state index contributed by atoms with van der Waals surface area (Å²) in [5.74, 6) is 1.11. The zero-order chi connectivity index (χ0) is 24.5. The maximum atomic E-state index is 6.70. The lowest BCUT2D eigenvalue weighted by Gasteiger charge is -2.09. The van der Waals surface area contributed by atoms with Gasteiger partial charge < -0.3 is 20.2 Å². The average molecular weight is 493 g/mol. The summed E-state index contributed by atoms with van der Waals surface area (Å²) in [5.41, 5.74) is 11.7. The molecule has 9 heteroatoms. The second-order valence-corrected chi connectivity index (χ2v) is 8.95.